The number of fused-ring (bicyclic) bond motifs is 1. The van der Waals surface area contributed by atoms with Crippen LogP contribution in [0.4, 0.5) is 0 Å². The van der Waals surface area contributed by atoms with Crippen LogP contribution >= 0.6 is 11.3 Å². The summed E-state index contributed by atoms with van der Waals surface area (Å²) < 4.78 is 1.83. The van der Waals surface area contributed by atoms with E-state index in [1.807, 2.05) is 48.9 Å². The first kappa shape index (κ1) is 18.6. The Hall–Kier alpha value is -3.20. The van der Waals surface area contributed by atoms with E-state index in [0.29, 0.717) is 10.7 Å². The van der Waals surface area contributed by atoms with E-state index in [2.05, 4.69) is 21.2 Å². The number of nitrogens with one attached hydrogen (secondary N) is 3. The van der Waals surface area contributed by atoms with Crippen molar-refractivity contribution in [2.24, 2.45) is 7.05 Å². The van der Waals surface area contributed by atoms with E-state index in [-0.39, 0.29) is 18.9 Å². The summed E-state index contributed by atoms with van der Waals surface area (Å²) in [5.74, 6) is -0.657. The second-order valence-corrected chi connectivity index (χ2v) is 7.23. The number of imidazole rings is 1. The summed E-state index contributed by atoms with van der Waals surface area (Å²) in [5, 5.41) is 2.50. The molecule has 140 valence electrons. The second-order valence-electron chi connectivity index (χ2n) is 5.94. The quantitative estimate of drug-likeness (QED) is 0.571. The van der Waals surface area contributed by atoms with Crippen LogP contribution in [0.15, 0.2) is 36.4 Å². The lowest BCUT2D eigenvalue weighted by atomic mass is 10.3. The standard InChI is InChI=1S/C18H19N5O3S/c1-11-7-8-14(27-11)18(26)19-10-17(25)22-21-16(24)9-15-20-12-5-3-4-6-13(12)23(15)2/h3-8H,9-10H2,1-2H3,(H,19,26)(H,21,24)(H,22,25). The Balaban J connectivity index is 1.46. The molecule has 0 saturated heterocycles. The molecule has 2 aromatic heterocycles. The van der Waals surface area contributed by atoms with Crippen LogP contribution < -0.4 is 16.2 Å². The maximum absolute atomic E-state index is 12.0. The molecule has 0 bridgehead atoms. The van der Waals surface area contributed by atoms with Crippen LogP contribution in [-0.2, 0) is 23.1 Å². The van der Waals surface area contributed by atoms with Gasteiger partial charge in [0.25, 0.3) is 11.8 Å². The molecule has 0 spiro atoms. The summed E-state index contributed by atoms with van der Waals surface area (Å²) >= 11 is 1.35. The number of rotatable bonds is 5. The van der Waals surface area contributed by atoms with Crippen molar-refractivity contribution in [1.29, 1.82) is 0 Å². The van der Waals surface area contributed by atoms with E-state index in [0.717, 1.165) is 15.9 Å². The molecule has 3 amide bonds. The smallest absolute Gasteiger partial charge is 0.261 e. The first-order valence-corrected chi connectivity index (χ1v) is 9.08. The molecule has 3 N–H and O–H groups in total. The fourth-order valence-corrected chi connectivity index (χ4v) is 3.31. The molecule has 8 nitrogen and oxygen atoms in total. The minimum atomic E-state index is -0.519. The number of hydrazine groups is 1. The molecule has 9 heteroatoms. The lowest BCUT2D eigenvalue weighted by Gasteiger charge is -2.08. The monoisotopic (exact) mass is 385 g/mol. The molecule has 27 heavy (non-hydrogen) atoms. The Kier molecular flexibility index (Phi) is 5.51. The molecule has 0 radical (unpaired) electrons. The Morgan fingerprint density at radius 3 is 2.52 bits per heavy atom. The summed E-state index contributed by atoms with van der Waals surface area (Å²) in [7, 11) is 1.83. The number of amides is 3. The predicted octanol–water partition coefficient (Wildman–Crippen LogP) is 1.06. The second kappa shape index (κ2) is 8.00. The van der Waals surface area contributed by atoms with E-state index >= 15 is 0 Å². The van der Waals surface area contributed by atoms with Crippen molar-refractivity contribution in [1.82, 2.24) is 25.7 Å². The first-order chi connectivity index (χ1) is 12.9. The van der Waals surface area contributed by atoms with Crippen molar-refractivity contribution < 1.29 is 14.4 Å². The number of carbonyl (C=O) groups excluding carboxylic acids is 3. The van der Waals surface area contributed by atoms with Gasteiger partial charge < -0.3 is 9.88 Å². The van der Waals surface area contributed by atoms with Crippen molar-refractivity contribution in [2.45, 2.75) is 13.3 Å². The Morgan fingerprint density at radius 1 is 1.07 bits per heavy atom. The molecule has 0 atom stereocenters. The van der Waals surface area contributed by atoms with Crippen LogP contribution in [0.2, 0.25) is 0 Å². The zero-order chi connectivity index (χ0) is 19.4. The number of hydrogen-bond donors (Lipinski definition) is 3. The van der Waals surface area contributed by atoms with E-state index in [1.54, 1.807) is 6.07 Å². The van der Waals surface area contributed by atoms with Crippen LogP contribution in [0.3, 0.4) is 0 Å². The van der Waals surface area contributed by atoms with Crippen LogP contribution in [0.25, 0.3) is 11.0 Å². The molecule has 0 aliphatic heterocycles. The van der Waals surface area contributed by atoms with Crippen LogP contribution in [-0.4, -0.2) is 33.8 Å². The summed E-state index contributed by atoms with van der Waals surface area (Å²) in [5.41, 5.74) is 6.34. The molecule has 3 rings (SSSR count). The van der Waals surface area contributed by atoms with Crippen molar-refractivity contribution >= 4 is 40.1 Å². The van der Waals surface area contributed by atoms with Crippen molar-refractivity contribution in [2.75, 3.05) is 6.54 Å². The van der Waals surface area contributed by atoms with E-state index in [1.165, 1.54) is 11.3 Å². The average Bonchev–Trinajstić information content (AvgIpc) is 3.22. The summed E-state index contributed by atoms with van der Waals surface area (Å²) in [4.78, 5) is 41.7. The van der Waals surface area contributed by atoms with Gasteiger partial charge in [0.2, 0.25) is 5.91 Å². The van der Waals surface area contributed by atoms with Crippen LogP contribution in [0.1, 0.15) is 20.4 Å². The van der Waals surface area contributed by atoms with Gasteiger partial charge in [-0.3, -0.25) is 25.2 Å². The molecular weight excluding hydrogens is 366 g/mol. The van der Waals surface area contributed by atoms with Gasteiger partial charge in [-0.1, -0.05) is 12.1 Å². The summed E-state index contributed by atoms with van der Waals surface area (Å²) in [6.07, 6.45) is 0.0201. The highest BCUT2D eigenvalue weighted by atomic mass is 32.1. The predicted molar refractivity (Wildman–Crippen MR) is 102 cm³/mol. The van der Waals surface area contributed by atoms with Crippen molar-refractivity contribution in [3.8, 4) is 0 Å². The molecule has 0 aliphatic carbocycles. The zero-order valence-corrected chi connectivity index (χ0v) is 15.7. The van der Waals surface area contributed by atoms with Gasteiger partial charge in [0.15, 0.2) is 0 Å². The molecule has 0 aliphatic rings. The third-order valence-electron chi connectivity index (χ3n) is 3.91. The minimum absolute atomic E-state index is 0.0201. The third kappa shape index (κ3) is 4.50. The number of para-hydroxylation sites is 2. The van der Waals surface area contributed by atoms with Gasteiger partial charge in [-0.15, -0.1) is 11.3 Å². The van der Waals surface area contributed by atoms with Gasteiger partial charge in [0.1, 0.15) is 5.82 Å². The minimum Gasteiger partial charge on any atom is -0.342 e. The Bertz CT molecular complexity index is 1010. The maximum Gasteiger partial charge on any atom is 0.261 e. The molecular formula is C18H19N5O3S. The highest BCUT2D eigenvalue weighted by Crippen LogP contribution is 2.15. The number of benzene rings is 1. The van der Waals surface area contributed by atoms with E-state index in [4.69, 9.17) is 0 Å². The van der Waals surface area contributed by atoms with Crippen molar-refractivity contribution in [3.05, 3.63) is 52.0 Å². The normalized spacial score (nSPS) is 10.6. The average molecular weight is 385 g/mol. The van der Waals surface area contributed by atoms with Gasteiger partial charge >= 0.3 is 0 Å². The van der Waals surface area contributed by atoms with E-state index in [9.17, 15) is 14.4 Å². The fraction of sp³-hybridized carbons (Fsp3) is 0.222. The topological polar surface area (TPSA) is 105 Å². The summed E-state index contributed by atoms with van der Waals surface area (Å²) in [6.45, 7) is 1.66. The number of carbonyl (C=O) groups is 3. The SMILES string of the molecule is Cc1ccc(C(=O)NCC(=O)NNC(=O)Cc2nc3ccccc3n2C)s1. The van der Waals surface area contributed by atoms with Gasteiger partial charge in [-0.25, -0.2) is 4.98 Å². The largest absolute Gasteiger partial charge is 0.342 e. The molecule has 1 aromatic carbocycles. The Labute approximate surface area is 159 Å². The van der Waals surface area contributed by atoms with Crippen LogP contribution in [0, 0.1) is 6.92 Å². The van der Waals surface area contributed by atoms with Gasteiger partial charge in [-0.05, 0) is 31.2 Å². The number of aromatic nitrogens is 2. The molecule has 2 heterocycles. The molecule has 0 saturated carbocycles. The number of thiophene rings is 1. The lowest BCUT2D eigenvalue weighted by Crippen LogP contribution is -2.46. The van der Waals surface area contributed by atoms with Crippen molar-refractivity contribution in [3.63, 3.8) is 0 Å². The number of hydrogen-bond acceptors (Lipinski definition) is 5. The highest BCUT2D eigenvalue weighted by molar-refractivity contribution is 7.13. The summed E-state index contributed by atoms with van der Waals surface area (Å²) in [6, 6.07) is 11.1. The third-order valence-corrected chi connectivity index (χ3v) is 4.91. The highest BCUT2D eigenvalue weighted by Gasteiger charge is 2.13. The molecule has 0 unspecified atom stereocenters. The molecule has 0 fully saturated rings. The fourth-order valence-electron chi connectivity index (χ4n) is 2.53. The number of nitrogens with zero attached hydrogens (tertiary/aromatic N) is 2. The van der Waals surface area contributed by atoms with Gasteiger partial charge in [-0.2, -0.15) is 0 Å². The Morgan fingerprint density at radius 2 is 1.81 bits per heavy atom. The molecule has 3 aromatic rings. The van der Waals surface area contributed by atoms with Gasteiger partial charge in [0, 0.05) is 11.9 Å². The van der Waals surface area contributed by atoms with Crippen LogP contribution in [0.5, 0.6) is 0 Å². The van der Waals surface area contributed by atoms with Gasteiger partial charge in [0.05, 0.1) is 28.9 Å². The first-order valence-electron chi connectivity index (χ1n) is 8.26. The lowest BCUT2D eigenvalue weighted by molar-refractivity contribution is -0.128. The number of aryl methyl sites for hydroxylation is 2. The van der Waals surface area contributed by atoms with E-state index < -0.39 is 11.8 Å². The maximum atomic E-state index is 12.0. The zero-order valence-electron chi connectivity index (χ0n) is 14.9.